The second-order valence-corrected chi connectivity index (χ2v) is 5.60. The molecule has 1 heterocycles. The van der Waals surface area contributed by atoms with Crippen LogP contribution in [0.5, 0.6) is 5.75 Å². The number of anilines is 1. The van der Waals surface area contributed by atoms with Crippen molar-refractivity contribution < 1.29 is 13.9 Å². The second-order valence-electron chi connectivity index (χ2n) is 5.60. The molecule has 2 N–H and O–H groups in total. The van der Waals surface area contributed by atoms with Crippen LogP contribution in [0.3, 0.4) is 0 Å². The molecule has 0 aliphatic heterocycles. The molecule has 3 aromatic rings. The van der Waals surface area contributed by atoms with Crippen molar-refractivity contribution in [3.8, 4) is 17.2 Å². The number of rotatable bonds is 7. The number of hydrogen-bond acceptors (Lipinski definition) is 4. The van der Waals surface area contributed by atoms with Crippen LogP contribution in [0.15, 0.2) is 65.3 Å². The smallest absolute Gasteiger partial charge is 0.319 e. The SMILES string of the molecule is CCOc1ccc(NC(=O)NCCc2coc(-c3ccccc3)n2)cc1. The molecule has 0 unspecified atom stereocenters. The molecule has 3 rings (SSSR count). The lowest BCUT2D eigenvalue weighted by Gasteiger charge is -2.08. The number of oxazole rings is 1. The largest absolute Gasteiger partial charge is 0.494 e. The topological polar surface area (TPSA) is 76.4 Å². The Bertz CT molecular complexity index is 829. The number of nitrogens with zero attached hydrogens (tertiary/aromatic N) is 1. The Morgan fingerprint density at radius 3 is 2.62 bits per heavy atom. The van der Waals surface area contributed by atoms with E-state index in [1.54, 1.807) is 18.4 Å². The van der Waals surface area contributed by atoms with E-state index in [0.29, 0.717) is 31.2 Å². The highest BCUT2D eigenvalue weighted by molar-refractivity contribution is 5.89. The predicted octanol–water partition coefficient (Wildman–Crippen LogP) is 4.10. The fraction of sp³-hybridized carbons (Fsp3) is 0.200. The minimum atomic E-state index is -0.263. The van der Waals surface area contributed by atoms with Gasteiger partial charge in [0.25, 0.3) is 0 Å². The van der Waals surface area contributed by atoms with Gasteiger partial charge in [-0.3, -0.25) is 0 Å². The molecule has 2 amide bonds. The van der Waals surface area contributed by atoms with Gasteiger partial charge in [0.2, 0.25) is 5.89 Å². The third-order valence-electron chi connectivity index (χ3n) is 3.66. The van der Waals surface area contributed by atoms with E-state index in [1.807, 2.05) is 49.4 Å². The van der Waals surface area contributed by atoms with Gasteiger partial charge in [-0.25, -0.2) is 9.78 Å². The maximum atomic E-state index is 11.9. The number of carbonyl (C=O) groups excluding carboxylic acids is 1. The molecule has 0 spiro atoms. The van der Waals surface area contributed by atoms with E-state index in [2.05, 4.69) is 15.6 Å². The highest BCUT2D eigenvalue weighted by Crippen LogP contribution is 2.18. The highest BCUT2D eigenvalue weighted by Gasteiger charge is 2.07. The molecule has 2 aromatic carbocycles. The van der Waals surface area contributed by atoms with E-state index in [0.717, 1.165) is 17.0 Å². The van der Waals surface area contributed by atoms with Gasteiger partial charge in [-0.2, -0.15) is 0 Å². The monoisotopic (exact) mass is 351 g/mol. The molecule has 0 radical (unpaired) electrons. The second kappa shape index (κ2) is 8.71. The van der Waals surface area contributed by atoms with Crippen LogP contribution >= 0.6 is 0 Å². The van der Waals surface area contributed by atoms with Crippen LogP contribution in [-0.2, 0) is 6.42 Å². The predicted molar refractivity (Wildman–Crippen MR) is 100 cm³/mol. The Morgan fingerprint density at radius 1 is 1.12 bits per heavy atom. The normalized spacial score (nSPS) is 10.3. The number of urea groups is 1. The number of carbonyl (C=O) groups is 1. The molecular formula is C20H21N3O3. The molecule has 0 saturated carbocycles. The van der Waals surface area contributed by atoms with Crippen molar-refractivity contribution in [3.05, 3.63) is 66.6 Å². The Labute approximate surface area is 152 Å². The van der Waals surface area contributed by atoms with Crippen LogP contribution in [-0.4, -0.2) is 24.2 Å². The molecule has 26 heavy (non-hydrogen) atoms. The van der Waals surface area contributed by atoms with Gasteiger partial charge < -0.3 is 19.8 Å². The summed E-state index contributed by atoms with van der Waals surface area (Å²) in [5.74, 6) is 1.36. The molecule has 6 heteroatoms. The van der Waals surface area contributed by atoms with Gasteiger partial charge in [0.05, 0.1) is 12.3 Å². The van der Waals surface area contributed by atoms with Crippen molar-refractivity contribution in [2.45, 2.75) is 13.3 Å². The average molecular weight is 351 g/mol. The van der Waals surface area contributed by atoms with Crippen molar-refractivity contribution in [1.82, 2.24) is 10.3 Å². The Hall–Kier alpha value is -3.28. The summed E-state index contributed by atoms with van der Waals surface area (Å²) in [7, 11) is 0. The van der Waals surface area contributed by atoms with Crippen LogP contribution in [0.25, 0.3) is 11.5 Å². The van der Waals surface area contributed by atoms with Gasteiger partial charge in [-0.05, 0) is 43.3 Å². The average Bonchev–Trinajstić information content (AvgIpc) is 3.13. The molecular weight excluding hydrogens is 330 g/mol. The molecule has 0 aliphatic rings. The first-order valence-electron chi connectivity index (χ1n) is 8.52. The fourth-order valence-corrected chi connectivity index (χ4v) is 2.42. The van der Waals surface area contributed by atoms with Crippen LogP contribution in [0.1, 0.15) is 12.6 Å². The number of amides is 2. The molecule has 6 nitrogen and oxygen atoms in total. The first-order valence-corrected chi connectivity index (χ1v) is 8.52. The molecule has 0 atom stereocenters. The van der Waals surface area contributed by atoms with Crippen molar-refractivity contribution in [3.63, 3.8) is 0 Å². The third-order valence-corrected chi connectivity index (χ3v) is 3.66. The standard InChI is InChI=1S/C20H21N3O3/c1-2-25-18-10-8-16(9-11-18)23-20(24)21-13-12-17-14-26-19(22-17)15-6-4-3-5-7-15/h3-11,14H,2,12-13H2,1H3,(H2,21,23,24). The van der Waals surface area contributed by atoms with Crippen LogP contribution in [0.2, 0.25) is 0 Å². The van der Waals surface area contributed by atoms with Crippen LogP contribution in [0, 0.1) is 0 Å². The molecule has 1 aromatic heterocycles. The summed E-state index contributed by atoms with van der Waals surface area (Å²) in [4.78, 5) is 16.4. The Balaban J connectivity index is 1.44. The van der Waals surface area contributed by atoms with Crippen molar-refractivity contribution in [1.29, 1.82) is 0 Å². The minimum absolute atomic E-state index is 0.263. The lowest BCUT2D eigenvalue weighted by atomic mass is 10.2. The van der Waals surface area contributed by atoms with Crippen molar-refractivity contribution >= 4 is 11.7 Å². The summed E-state index contributed by atoms with van der Waals surface area (Å²) < 4.78 is 10.9. The number of nitrogens with one attached hydrogen (secondary N) is 2. The summed E-state index contributed by atoms with van der Waals surface area (Å²) in [6.07, 6.45) is 2.21. The first-order chi connectivity index (χ1) is 12.7. The van der Waals surface area contributed by atoms with E-state index in [4.69, 9.17) is 9.15 Å². The molecule has 0 saturated heterocycles. The maximum absolute atomic E-state index is 11.9. The Kier molecular flexibility index (Phi) is 5.88. The zero-order chi connectivity index (χ0) is 18.2. The van der Waals surface area contributed by atoms with Gasteiger partial charge in [0.15, 0.2) is 0 Å². The van der Waals surface area contributed by atoms with Gasteiger partial charge in [0, 0.05) is 24.2 Å². The number of ether oxygens (including phenoxy) is 1. The summed E-state index contributed by atoms with van der Waals surface area (Å²) in [5, 5.41) is 5.58. The van der Waals surface area contributed by atoms with Crippen LogP contribution in [0.4, 0.5) is 10.5 Å². The van der Waals surface area contributed by atoms with Gasteiger partial charge >= 0.3 is 6.03 Å². The lowest BCUT2D eigenvalue weighted by Crippen LogP contribution is -2.30. The Morgan fingerprint density at radius 2 is 1.88 bits per heavy atom. The summed E-state index contributed by atoms with van der Waals surface area (Å²) >= 11 is 0. The van der Waals surface area contributed by atoms with E-state index >= 15 is 0 Å². The van der Waals surface area contributed by atoms with Gasteiger partial charge in [-0.15, -0.1) is 0 Å². The zero-order valence-electron chi connectivity index (χ0n) is 14.6. The quantitative estimate of drug-likeness (QED) is 0.672. The van der Waals surface area contributed by atoms with E-state index in [9.17, 15) is 4.79 Å². The van der Waals surface area contributed by atoms with Crippen LogP contribution < -0.4 is 15.4 Å². The first kappa shape index (κ1) is 17.5. The van der Waals surface area contributed by atoms with Crippen molar-refractivity contribution in [2.24, 2.45) is 0 Å². The molecule has 0 aliphatic carbocycles. The van der Waals surface area contributed by atoms with Gasteiger partial charge in [-0.1, -0.05) is 18.2 Å². The van der Waals surface area contributed by atoms with E-state index in [1.165, 1.54) is 0 Å². The number of hydrogen-bond donors (Lipinski definition) is 2. The molecule has 0 fully saturated rings. The molecule has 0 bridgehead atoms. The van der Waals surface area contributed by atoms with Gasteiger partial charge in [0.1, 0.15) is 12.0 Å². The maximum Gasteiger partial charge on any atom is 0.319 e. The third kappa shape index (κ3) is 4.86. The number of benzene rings is 2. The lowest BCUT2D eigenvalue weighted by molar-refractivity contribution is 0.252. The van der Waals surface area contributed by atoms with Crippen molar-refractivity contribution in [2.75, 3.05) is 18.5 Å². The van der Waals surface area contributed by atoms with E-state index < -0.39 is 0 Å². The molecule has 134 valence electrons. The minimum Gasteiger partial charge on any atom is -0.494 e. The van der Waals surface area contributed by atoms with E-state index in [-0.39, 0.29) is 6.03 Å². The number of aromatic nitrogens is 1. The fourth-order valence-electron chi connectivity index (χ4n) is 2.42. The summed E-state index contributed by atoms with van der Waals surface area (Å²) in [5.41, 5.74) is 2.43. The highest BCUT2D eigenvalue weighted by atomic mass is 16.5. The summed E-state index contributed by atoms with van der Waals surface area (Å²) in [6.45, 7) is 3.00. The zero-order valence-corrected chi connectivity index (χ0v) is 14.6. The summed E-state index contributed by atoms with van der Waals surface area (Å²) in [6, 6.07) is 16.7.